The average Bonchev–Trinajstić information content (AvgIpc) is 3.02. The zero-order chi connectivity index (χ0) is 19.0. The van der Waals surface area contributed by atoms with Crippen LogP contribution < -0.4 is 16.1 Å². The highest BCUT2D eigenvalue weighted by Gasteiger charge is 2.22. The summed E-state index contributed by atoms with van der Waals surface area (Å²) in [7, 11) is 2.96. The highest BCUT2D eigenvalue weighted by Crippen LogP contribution is 2.18. The number of carbonyl (C=O) groups excluding carboxylic acids is 1. The number of amides is 1. The molecule has 3 aromatic rings. The molecule has 0 aliphatic rings. The smallest absolute Gasteiger partial charge is 0.315 e. The molecular formula is C18H21N5O3. The van der Waals surface area contributed by atoms with E-state index in [9.17, 15) is 14.4 Å². The lowest BCUT2D eigenvalue weighted by Crippen LogP contribution is -2.40. The Morgan fingerprint density at radius 3 is 2.38 bits per heavy atom. The second-order valence-corrected chi connectivity index (χ2v) is 6.44. The number of carbonyl (C=O) groups is 1. The van der Waals surface area contributed by atoms with Crippen molar-refractivity contribution < 1.29 is 4.79 Å². The van der Waals surface area contributed by atoms with E-state index in [0.717, 1.165) is 10.3 Å². The van der Waals surface area contributed by atoms with Crippen molar-refractivity contribution in [1.82, 2.24) is 18.7 Å². The molecule has 0 atom stereocenters. The lowest BCUT2D eigenvalue weighted by molar-refractivity contribution is -0.119. The van der Waals surface area contributed by atoms with Gasteiger partial charge in [-0.15, -0.1) is 0 Å². The number of hydrogen-bond donors (Lipinski definition) is 0. The summed E-state index contributed by atoms with van der Waals surface area (Å²) in [5.74, 6) is -0.165. The van der Waals surface area contributed by atoms with Crippen molar-refractivity contribution in [1.29, 1.82) is 0 Å². The van der Waals surface area contributed by atoms with Crippen LogP contribution in [-0.4, -0.2) is 30.6 Å². The lowest BCUT2D eigenvalue weighted by Gasteiger charge is -2.27. The first-order chi connectivity index (χ1) is 12.3. The molecule has 2 aromatic heterocycles. The first-order valence-electron chi connectivity index (χ1n) is 8.31. The maximum atomic E-state index is 12.9. The molecular weight excluding hydrogens is 334 g/mol. The van der Waals surface area contributed by atoms with Crippen molar-refractivity contribution in [3.8, 4) is 0 Å². The van der Waals surface area contributed by atoms with Gasteiger partial charge in [0.1, 0.15) is 6.54 Å². The Kier molecular flexibility index (Phi) is 4.50. The summed E-state index contributed by atoms with van der Waals surface area (Å²) < 4.78 is 3.81. The Morgan fingerprint density at radius 1 is 1.12 bits per heavy atom. The molecule has 8 heteroatoms. The van der Waals surface area contributed by atoms with E-state index in [1.807, 2.05) is 44.2 Å². The van der Waals surface area contributed by atoms with Gasteiger partial charge in [-0.3, -0.25) is 18.7 Å². The number of aryl methyl sites for hydroxylation is 1. The molecule has 0 aliphatic carbocycles. The fourth-order valence-corrected chi connectivity index (χ4v) is 3.06. The van der Waals surface area contributed by atoms with Crippen LogP contribution in [0.25, 0.3) is 11.2 Å². The van der Waals surface area contributed by atoms with E-state index >= 15 is 0 Å². The monoisotopic (exact) mass is 355 g/mol. The molecule has 0 N–H and O–H groups in total. The van der Waals surface area contributed by atoms with Crippen molar-refractivity contribution in [2.24, 2.45) is 14.1 Å². The molecule has 136 valence electrons. The van der Waals surface area contributed by atoms with Crippen molar-refractivity contribution in [2.75, 3.05) is 4.90 Å². The lowest BCUT2D eigenvalue weighted by atomic mass is 10.2. The number of benzene rings is 1. The highest BCUT2D eigenvalue weighted by molar-refractivity contribution is 5.94. The van der Waals surface area contributed by atoms with Gasteiger partial charge in [0.15, 0.2) is 11.2 Å². The summed E-state index contributed by atoms with van der Waals surface area (Å²) in [5, 5.41) is 0. The van der Waals surface area contributed by atoms with Crippen LogP contribution in [0, 0.1) is 0 Å². The third kappa shape index (κ3) is 2.83. The molecule has 8 nitrogen and oxygen atoms in total. The molecule has 0 radical (unpaired) electrons. The number of rotatable bonds is 4. The van der Waals surface area contributed by atoms with Crippen LogP contribution in [0.4, 0.5) is 5.69 Å². The van der Waals surface area contributed by atoms with E-state index in [1.165, 1.54) is 22.5 Å². The fraction of sp³-hybridized carbons (Fsp3) is 0.333. The number of hydrogen-bond acceptors (Lipinski definition) is 4. The maximum absolute atomic E-state index is 12.9. The van der Waals surface area contributed by atoms with Crippen molar-refractivity contribution in [3.63, 3.8) is 0 Å². The largest absolute Gasteiger partial charge is 0.332 e. The minimum atomic E-state index is -0.468. The number of imidazole rings is 1. The standard InChI is InChI=1S/C18H21N5O3/c1-12(2)23(13-8-6-5-7-9-13)14(24)10-22-11-19-16-15(22)17(25)21(4)18(26)20(16)3/h5-9,11-12H,10H2,1-4H3. The van der Waals surface area contributed by atoms with Gasteiger partial charge in [-0.05, 0) is 26.0 Å². The minimum absolute atomic E-state index is 0.0446. The third-order valence-corrected chi connectivity index (χ3v) is 4.34. The SMILES string of the molecule is CC(C)N(C(=O)Cn1cnc2c1c(=O)n(C)c(=O)n2C)c1ccccc1. The number of aromatic nitrogens is 4. The highest BCUT2D eigenvalue weighted by atomic mass is 16.2. The molecule has 0 saturated heterocycles. The Morgan fingerprint density at radius 2 is 1.77 bits per heavy atom. The Bertz CT molecular complexity index is 1080. The molecule has 0 saturated carbocycles. The first-order valence-corrected chi connectivity index (χ1v) is 8.31. The summed E-state index contributed by atoms with van der Waals surface area (Å²) in [6, 6.07) is 9.32. The van der Waals surface area contributed by atoms with Crippen LogP contribution in [0.5, 0.6) is 0 Å². The molecule has 26 heavy (non-hydrogen) atoms. The Balaban J connectivity index is 2.05. The van der Waals surface area contributed by atoms with Gasteiger partial charge < -0.3 is 9.47 Å². The summed E-state index contributed by atoms with van der Waals surface area (Å²) >= 11 is 0. The van der Waals surface area contributed by atoms with Gasteiger partial charge in [0.05, 0.1) is 6.33 Å². The minimum Gasteiger partial charge on any atom is -0.315 e. The second kappa shape index (κ2) is 6.62. The zero-order valence-corrected chi connectivity index (χ0v) is 15.2. The van der Waals surface area contributed by atoms with E-state index in [2.05, 4.69) is 4.98 Å². The van der Waals surface area contributed by atoms with E-state index in [0.29, 0.717) is 0 Å². The predicted octanol–water partition coefficient (Wildman–Crippen LogP) is 0.875. The van der Waals surface area contributed by atoms with Crippen molar-refractivity contribution in [2.45, 2.75) is 26.4 Å². The van der Waals surface area contributed by atoms with Crippen LogP contribution in [0.1, 0.15) is 13.8 Å². The van der Waals surface area contributed by atoms with Crippen molar-refractivity contribution in [3.05, 3.63) is 57.5 Å². The fourth-order valence-electron chi connectivity index (χ4n) is 3.06. The molecule has 2 heterocycles. The summed E-state index contributed by atoms with van der Waals surface area (Å²) in [6.07, 6.45) is 1.42. The number of fused-ring (bicyclic) bond motifs is 1. The molecule has 0 aliphatic heterocycles. The van der Waals surface area contributed by atoms with E-state index in [-0.39, 0.29) is 29.7 Å². The van der Waals surface area contributed by atoms with Gasteiger partial charge in [0.2, 0.25) is 5.91 Å². The van der Waals surface area contributed by atoms with Gasteiger partial charge in [0, 0.05) is 25.8 Å². The van der Waals surface area contributed by atoms with Crippen LogP contribution in [0.15, 0.2) is 46.2 Å². The van der Waals surface area contributed by atoms with E-state index in [4.69, 9.17) is 0 Å². The Hall–Kier alpha value is -3.16. The molecule has 0 bridgehead atoms. The van der Waals surface area contributed by atoms with Crippen molar-refractivity contribution >= 4 is 22.8 Å². The van der Waals surface area contributed by atoms with Gasteiger partial charge in [-0.2, -0.15) is 0 Å². The van der Waals surface area contributed by atoms with Gasteiger partial charge >= 0.3 is 5.69 Å². The van der Waals surface area contributed by atoms with E-state index in [1.54, 1.807) is 11.9 Å². The van der Waals surface area contributed by atoms with Gasteiger partial charge in [-0.1, -0.05) is 18.2 Å². The molecule has 0 fully saturated rings. The number of para-hydroxylation sites is 1. The predicted molar refractivity (Wildman–Crippen MR) is 99.3 cm³/mol. The third-order valence-electron chi connectivity index (χ3n) is 4.34. The number of anilines is 1. The van der Waals surface area contributed by atoms with Crippen LogP contribution >= 0.6 is 0 Å². The summed E-state index contributed by atoms with van der Waals surface area (Å²) in [4.78, 5) is 43.3. The topological polar surface area (TPSA) is 82.1 Å². The van der Waals surface area contributed by atoms with Crippen LogP contribution in [0.2, 0.25) is 0 Å². The Labute approximate surface area is 149 Å². The van der Waals surface area contributed by atoms with Gasteiger partial charge in [0.25, 0.3) is 5.56 Å². The quantitative estimate of drug-likeness (QED) is 0.695. The van der Waals surface area contributed by atoms with Gasteiger partial charge in [-0.25, -0.2) is 9.78 Å². The number of nitrogens with zero attached hydrogens (tertiary/aromatic N) is 5. The maximum Gasteiger partial charge on any atom is 0.332 e. The van der Waals surface area contributed by atoms with E-state index < -0.39 is 11.2 Å². The molecule has 0 spiro atoms. The molecule has 0 unspecified atom stereocenters. The summed E-state index contributed by atoms with van der Waals surface area (Å²) in [5.41, 5.74) is 0.370. The normalized spacial score (nSPS) is 11.3. The average molecular weight is 355 g/mol. The molecule has 1 amide bonds. The van der Waals surface area contributed by atoms with Crippen LogP contribution in [0.3, 0.4) is 0 Å². The molecule has 1 aromatic carbocycles. The zero-order valence-electron chi connectivity index (χ0n) is 15.2. The molecule has 3 rings (SSSR count). The second-order valence-electron chi connectivity index (χ2n) is 6.44. The summed E-state index contributed by atoms with van der Waals surface area (Å²) in [6.45, 7) is 3.82. The first kappa shape index (κ1) is 17.7. The van der Waals surface area contributed by atoms with Crippen LogP contribution in [-0.2, 0) is 25.4 Å².